The van der Waals surface area contributed by atoms with E-state index >= 15 is 0 Å². The number of rotatable bonds is 12. The summed E-state index contributed by atoms with van der Waals surface area (Å²) in [6.45, 7) is 4.58. The minimum atomic E-state index is -4.00. The Balaban J connectivity index is 1.35. The van der Waals surface area contributed by atoms with E-state index in [2.05, 4.69) is 21.2 Å². The number of nitrogens with one attached hydrogen (secondary N) is 1. The van der Waals surface area contributed by atoms with E-state index in [0.717, 1.165) is 12.0 Å². The Bertz CT molecular complexity index is 1460. The van der Waals surface area contributed by atoms with E-state index in [0.29, 0.717) is 28.7 Å². The van der Waals surface area contributed by atoms with E-state index in [1.807, 2.05) is 44.2 Å². The van der Waals surface area contributed by atoms with Crippen molar-refractivity contribution < 1.29 is 36.9 Å². The lowest BCUT2D eigenvalue weighted by Crippen LogP contribution is -2.51. The molecule has 0 bridgehead atoms. The van der Waals surface area contributed by atoms with Crippen LogP contribution in [0.15, 0.2) is 63.9 Å². The molecule has 2 aliphatic heterocycles. The topological polar surface area (TPSA) is 128 Å². The fourth-order valence-corrected chi connectivity index (χ4v) is 7.42. The van der Waals surface area contributed by atoms with Crippen LogP contribution in [0.2, 0.25) is 0 Å². The van der Waals surface area contributed by atoms with Gasteiger partial charge in [0.1, 0.15) is 17.4 Å². The molecule has 42 heavy (non-hydrogen) atoms. The minimum absolute atomic E-state index is 0.0147. The number of halogens is 1. The Morgan fingerprint density at radius 1 is 1.14 bits per heavy atom. The molecule has 5 atom stereocenters. The second kappa shape index (κ2) is 13.4. The van der Waals surface area contributed by atoms with Crippen molar-refractivity contribution in [2.45, 2.75) is 61.5 Å². The molecule has 1 amide bonds. The summed E-state index contributed by atoms with van der Waals surface area (Å²) < 4.78 is 51.6. The maximum atomic E-state index is 13.9. The number of carbonyl (C=O) groups excluding carboxylic acids is 1. The first-order chi connectivity index (χ1) is 20.1. The number of carbonyl (C=O) groups is 1. The molecule has 2 N–H and O–H groups in total. The molecule has 2 aromatic carbocycles. The van der Waals surface area contributed by atoms with Gasteiger partial charge in [-0.15, -0.1) is 0 Å². The quantitative estimate of drug-likeness (QED) is 0.272. The molecule has 1 aromatic heterocycles. The monoisotopic (exact) mass is 664 g/mol. The van der Waals surface area contributed by atoms with Crippen molar-refractivity contribution in [3.05, 3.63) is 65.9 Å². The minimum Gasteiger partial charge on any atom is -0.460 e. The molecule has 10 nitrogen and oxygen atoms in total. The summed E-state index contributed by atoms with van der Waals surface area (Å²) in [4.78, 5) is 13.1. The van der Waals surface area contributed by atoms with Crippen LogP contribution >= 0.6 is 15.9 Å². The first-order valence-corrected chi connectivity index (χ1v) is 16.7. The van der Waals surface area contributed by atoms with Crippen molar-refractivity contribution in [3.8, 4) is 0 Å². The molecular formula is C30H37BrN2O8S. The van der Waals surface area contributed by atoms with E-state index in [4.69, 9.17) is 18.6 Å². The van der Waals surface area contributed by atoms with Gasteiger partial charge in [-0.1, -0.05) is 60.1 Å². The molecular weight excluding hydrogens is 628 g/mol. The lowest BCUT2D eigenvalue weighted by atomic mass is 10.0. The molecule has 0 spiro atoms. The highest BCUT2D eigenvalue weighted by Gasteiger charge is 2.44. The van der Waals surface area contributed by atoms with Gasteiger partial charge in [-0.25, -0.2) is 13.2 Å². The summed E-state index contributed by atoms with van der Waals surface area (Å²) >= 11 is 3.36. The fraction of sp³-hybridized carbons (Fsp3) is 0.500. The van der Waals surface area contributed by atoms with Crippen LogP contribution in [-0.4, -0.2) is 74.8 Å². The number of benzene rings is 2. The molecule has 5 rings (SSSR count). The normalized spacial score (nSPS) is 22.0. The van der Waals surface area contributed by atoms with Crippen LogP contribution in [-0.2, 0) is 36.0 Å². The van der Waals surface area contributed by atoms with Crippen LogP contribution < -0.4 is 5.32 Å². The molecule has 0 saturated carbocycles. The Morgan fingerprint density at radius 2 is 1.93 bits per heavy atom. The first-order valence-electron chi connectivity index (χ1n) is 14.1. The van der Waals surface area contributed by atoms with E-state index in [1.165, 1.54) is 10.4 Å². The molecule has 2 saturated heterocycles. The lowest BCUT2D eigenvalue weighted by Gasteiger charge is -2.31. The summed E-state index contributed by atoms with van der Waals surface area (Å²) in [5.41, 5.74) is 1.47. The summed E-state index contributed by atoms with van der Waals surface area (Å²) in [6.07, 6.45) is -1.72. The van der Waals surface area contributed by atoms with Gasteiger partial charge in [-0.2, -0.15) is 4.31 Å². The number of amides is 1. The maximum Gasteiger partial charge on any atom is 0.407 e. The second-order valence-electron chi connectivity index (χ2n) is 11.2. The van der Waals surface area contributed by atoms with Crippen LogP contribution in [0, 0.1) is 11.8 Å². The molecule has 0 radical (unpaired) electrons. The average Bonchev–Trinajstić information content (AvgIpc) is 3.69. The zero-order valence-corrected chi connectivity index (χ0v) is 26.1. The van der Waals surface area contributed by atoms with Gasteiger partial charge in [-0.3, -0.25) is 0 Å². The number of furan rings is 1. The molecule has 1 unspecified atom stereocenters. The molecule has 2 aliphatic rings. The fourth-order valence-electron chi connectivity index (χ4n) is 5.49. The van der Waals surface area contributed by atoms with Gasteiger partial charge >= 0.3 is 6.09 Å². The lowest BCUT2D eigenvalue weighted by molar-refractivity contribution is -0.0907. The number of nitrogens with zero attached hydrogens (tertiary/aromatic N) is 1. The van der Waals surface area contributed by atoms with E-state index in [9.17, 15) is 18.3 Å². The van der Waals surface area contributed by atoms with E-state index in [-0.39, 0.29) is 49.1 Å². The molecule has 3 aromatic rings. The Labute approximate surface area is 254 Å². The van der Waals surface area contributed by atoms with Crippen molar-refractivity contribution in [3.63, 3.8) is 0 Å². The second-order valence-corrected chi connectivity index (χ2v) is 13.7. The Hall–Kier alpha value is -2.48. The number of hydrogen-bond donors (Lipinski definition) is 2. The number of fused-ring (bicyclic) bond motifs is 2. The zero-order chi connectivity index (χ0) is 29.9. The highest BCUT2D eigenvalue weighted by molar-refractivity contribution is 9.08. The van der Waals surface area contributed by atoms with Gasteiger partial charge in [0.15, 0.2) is 6.29 Å². The number of alkyl halides is 1. The Morgan fingerprint density at radius 3 is 2.67 bits per heavy atom. The Kier molecular flexibility index (Phi) is 9.91. The number of hydrogen-bond acceptors (Lipinski definition) is 8. The summed E-state index contributed by atoms with van der Waals surface area (Å²) in [7, 11) is -4.00. The summed E-state index contributed by atoms with van der Waals surface area (Å²) in [5, 5.41) is 15.5. The first kappa shape index (κ1) is 31.0. The van der Waals surface area contributed by atoms with Crippen molar-refractivity contribution in [1.82, 2.24) is 9.62 Å². The van der Waals surface area contributed by atoms with Gasteiger partial charge in [0.05, 0.1) is 41.5 Å². The molecule has 2 fully saturated rings. The third kappa shape index (κ3) is 7.17. The molecule has 0 aliphatic carbocycles. The number of aliphatic hydroxyl groups is 1. The zero-order valence-electron chi connectivity index (χ0n) is 23.6. The molecule has 12 heteroatoms. The molecule has 3 heterocycles. The van der Waals surface area contributed by atoms with Gasteiger partial charge in [0.25, 0.3) is 0 Å². The highest BCUT2D eigenvalue weighted by atomic mass is 79.9. The standard InChI is InChI=1S/C30H37BrN2O8S/c1-19(2)16-33(42(36,37)23-8-9-27-21(14-23)13-22(15-31)40-27)17-26(34)25(12-20-6-4-3-5-7-20)32-30(35)41-28-18-39-29-24(28)10-11-38-29/h3-9,13-14,19,24-26,28-29,34H,10-12,15-18H2,1-2H3,(H,32,35)/t24-,25-,26+,28?,29+/m0/s1. The van der Waals surface area contributed by atoms with Crippen molar-refractivity contribution >= 4 is 43.0 Å². The molecule has 228 valence electrons. The van der Waals surface area contributed by atoms with Crippen molar-refractivity contribution in [2.75, 3.05) is 26.3 Å². The SMILES string of the molecule is CC(C)CN(C[C@@H](O)[C@H](Cc1ccccc1)NC(=O)OC1CO[C@H]2OCC[C@@H]12)S(=O)(=O)c1ccc2oc(CBr)cc2c1. The van der Waals surface area contributed by atoms with Crippen LogP contribution in [0.3, 0.4) is 0 Å². The smallest absolute Gasteiger partial charge is 0.407 e. The summed E-state index contributed by atoms with van der Waals surface area (Å²) in [5.74, 6) is 0.646. The average molecular weight is 666 g/mol. The van der Waals surface area contributed by atoms with Gasteiger partial charge in [0, 0.05) is 18.5 Å². The van der Waals surface area contributed by atoms with Gasteiger partial charge in [-0.05, 0) is 48.6 Å². The van der Waals surface area contributed by atoms with Crippen molar-refractivity contribution in [1.29, 1.82) is 0 Å². The summed E-state index contributed by atoms with van der Waals surface area (Å²) in [6, 6.07) is 15.1. The maximum absolute atomic E-state index is 13.9. The third-order valence-corrected chi connectivity index (χ3v) is 9.96. The number of sulfonamides is 1. The largest absolute Gasteiger partial charge is 0.460 e. The van der Waals surface area contributed by atoms with Crippen LogP contribution in [0.5, 0.6) is 0 Å². The van der Waals surface area contributed by atoms with Crippen molar-refractivity contribution in [2.24, 2.45) is 11.8 Å². The number of alkyl carbamates (subject to hydrolysis) is 1. The predicted octanol–water partition coefficient (Wildman–Crippen LogP) is 4.43. The van der Waals surface area contributed by atoms with Crippen LogP contribution in [0.4, 0.5) is 4.79 Å². The third-order valence-electron chi connectivity index (χ3n) is 7.58. The predicted molar refractivity (Wildman–Crippen MR) is 160 cm³/mol. The van der Waals surface area contributed by atoms with Crippen LogP contribution in [0.25, 0.3) is 11.0 Å². The van der Waals surface area contributed by atoms with Crippen LogP contribution in [0.1, 0.15) is 31.6 Å². The number of aliphatic hydroxyl groups excluding tert-OH is 1. The van der Waals surface area contributed by atoms with Gasteiger partial charge in [0.2, 0.25) is 10.0 Å². The highest BCUT2D eigenvalue weighted by Crippen LogP contribution is 2.33. The van der Waals surface area contributed by atoms with Gasteiger partial charge < -0.3 is 29.1 Å². The van der Waals surface area contributed by atoms with E-state index < -0.39 is 34.4 Å². The number of ether oxygens (including phenoxy) is 3. The van der Waals surface area contributed by atoms with E-state index in [1.54, 1.807) is 18.2 Å².